The van der Waals surface area contributed by atoms with E-state index in [0.717, 1.165) is 11.5 Å². The van der Waals surface area contributed by atoms with Gasteiger partial charge in [-0.1, -0.05) is 30.4 Å². The number of thiocarbonyl (C=S) groups is 1. The second-order valence-electron chi connectivity index (χ2n) is 2.61. The van der Waals surface area contributed by atoms with E-state index in [4.69, 9.17) is 12.2 Å². The number of para-hydroxylation sites is 1. The molecule has 0 aliphatic heterocycles. The van der Waals surface area contributed by atoms with E-state index < -0.39 is 0 Å². The van der Waals surface area contributed by atoms with Crippen LogP contribution in [-0.4, -0.2) is 14.9 Å². The minimum atomic E-state index is 0.793. The van der Waals surface area contributed by atoms with E-state index in [9.17, 15) is 0 Å². The zero-order valence-corrected chi connectivity index (χ0v) is 7.74. The van der Waals surface area contributed by atoms with Crippen LogP contribution in [0.1, 0.15) is 5.82 Å². The third kappa shape index (κ3) is 1.51. The summed E-state index contributed by atoms with van der Waals surface area (Å²) in [6.45, 7) is 0. The Morgan fingerprint density at radius 3 is 2.69 bits per heavy atom. The molecular weight excluding hydrogens is 180 g/mol. The molecule has 0 aliphatic rings. The van der Waals surface area contributed by atoms with Crippen LogP contribution in [0.25, 0.3) is 5.69 Å². The molecule has 3 heteroatoms. The molecule has 0 spiro atoms. The lowest BCUT2D eigenvalue weighted by Crippen LogP contribution is -1.97. The Bertz CT molecular complexity index is 406. The fourth-order valence-corrected chi connectivity index (χ4v) is 1.38. The Morgan fingerprint density at radius 2 is 2.00 bits per heavy atom. The van der Waals surface area contributed by atoms with Gasteiger partial charge in [-0.25, -0.2) is 4.98 Å². The normalized spacial score (nSPS) is 9.85. The van der Waals surface area contributed by atoms with Crippen molar-refractivity contribution in [1.82, 2.24) is 9.55 Å². The Hall–Kier alpha value is -1.48. The molecule has 0 N–H and O–H groups in total. The first-order valence-electron chi connectivity index (χ1n) is 3.96. The van der Waals surface area contributed by atoms with Crippen LogP contribution in [0.2, 0.25) is 0 Å². The Kier molecular flexibility index (Phi) is 2.19. The van der Waals surface area contributed by atoms with Crippen molar-refractivity contribution in [1.29, 1.82) is 0 Å². The largest absolute Gasteiger partial charge is 0.300 e. The number of benzene rings is 1. The highest BCUT2D eigenvalue weighted by molar-refractivity contribution is 7.79. The number of rotatable bonds is 2. The van der Waals surface area contributed by atoms with Gasteiger partial charge in [0, 0.05) is 23.4 Å². The maximum atomic E-state index is 4.85. The van der Waals surface area contributed by atoms with E-state index in [2.05, 4.69) is 4.98 Å². The number of hydrogen-bond acceptors (Lipinski definition) is 2. The summed E-state index contributed by atoms with van der Waals surface area (Å²) in [6, 6.07) is 10.00. The van der Waals surface area contributed by atoms with Crippen LogP contribution in [0.15, 0.2) is 42.7 Å². The highest BCUT2D eigenvalue weighted by atomic mass is 32.1. The fourth-order valence-electron chi connectivity index (χ4n) is 1.21. The zero-order valence-electron chi connectivity index (χ0n) is 6.92. The fraction of sp³-hybridized carbons (Fsp3) is 0. The van der Waals surface area contributed by atoms with Gasteiger partial charge in [0.1, 0.15) is 5.82 Å². The molecule has 0 aliphatic carbocycles. The van der Waals surface area contributed by atoms with Crippen molar-refractivity contribution in [2.45, 2.75) is 0 Å². The molecule has 0 atom stereocenters. The maximum Gasteiger partial charge on any atom is 0.147 e. The quantitative estimate of drug-likeness (QED) is 0.672. The standard InChI is InChI=1S/C10H8N2S/c13-8-10-11-6-7-12(10)9-4-2-1-3-5-9/h1-8H. The van der Waals surface area contributed by atoms with E-state index >= 15 is 0 Å². The molecule has 0 radical (unpaired) electrons. The first-order valence-corrected chi connectivity index (χ1v) is 4.43. The van der Waals surface area contributed by atoms with E-state index in [-0.39, 0.29) is 0 Å². The molecule has 1 aromatic carbocycles. The van der Waals surface area contributed by atoms with Crippen molar-refractivity contribution in [3.05, 3.63) is 48.5 Å². The predicted octanol–water partition coefficient (Wildman–Crippen LogP) is 2.22. The van der Waals surface area contributed by atoms with E-state index in [1.54, 1.807) is 11.6 Å². The van der Waals surface area contributed by atoms with E-state index in [1.807, 2.05) is 41.1 Å². The van der Waals surface area contributed by atoms with Gasteiger partial charge < -0.3 is 0 Å². The lowest BCUT2D eigenvalue weighted by molar-refractivity contribution is 1.04. The van der Waals surface area contributed by atoms with Crippen molar-refractivity contribution >= 4 is 17.6 Å². The summed E-state index contributed by atoms with van der Waals surface area (Å²) in [5.41, 5.74) is 1.08. The van der Waals surface area contributed by atoms with Crippen LogP contribution in [0.3, 0.4) is 0 Å². The highest BCUT2D eigenvalue weighted by Crippen LogP contribution is 2.08. The topological polar surface area (TPSA) is 17.8 Å². The van der Waals surface area contributed by atoms with Gasteiger partial charge >= 0.3 is 0 Å². The molecule has 0 saturated heterocycles. The van der Waals surface area contributed by atoms with Crippen LogP contribution in [0.5, 0.6) is 0 Å². The monoisotopic (exact) mass is 188 g/mol. The molecule has 2 rings (SSSR count). The molecule has 0 unspecified atom stereocenters. The zero-order chi connectivity index (χ0) is 9.10. The van der Waals surface area contributed by atoms with Crippen LogP contribution in [0.4, 0.5) is 0 Å². The summed E-state index contributed by atoms with van der Waals surface area (Å²) in [5, 5.41) is 1.58. The molecule has 0 amide bonds. The smallest absolute Gasteiger partial charge is 0.147 e. The van der Waals surface area contributed by atoms with Gasteiger partial charge in [0.2, 0.25) is 0 Å². The summed E-state index contributed by atoms with van der Waals surface area (Å²) in [7, 11) is 0. The van der Waals surface area contributed by atoms with Gasteiger partial charge in [-0.05, 0) is 12.1 Å². The van der Waals surface area contributed by atoms with Crippen LogP contribution >= 0.6 is 12.2 Å². The predicted molar refractivity (Wildman–Crippen MR) is 56.3 cm³/mol. The third-order valence-electron chi connectivity index (χ3n) is 1.81. The minimum absolute atomic E-state index is 0.793. The van der Waals surface area contributed by atoms with Crippen molar-refractivity contribution in [2.75, 3.05) is 0 Å². The molecule has 13 heavy (non-hydrogen) atoms. The molecule has 2 nitrogen and oxygen atoms in total. The summed E-state index contributed by atoms with van der Waals surface area (Å²) in [6.07, 6.45) is 3.64. The molecule has 0 fully saturated rings. The van der Waals surface area contributed by atoms with Crippen molar-refractivity contribution in [2.24, 2.45) is 0 Å². The van der Waals surface area contributed by atoms with Gasteiger partial charge in [0.05, 0.1) is 0 Å². The summed E-state index contributed by atoms with van der Waals surface area (Å²) < 4.78 is 1.95. The first kappa shape index (κ1) is 8.13. The Labute approximate surface area is 81.9 Å². The maximum absolute atomic E-state index is 4.85. The average molecular weight is 188 g/mol. The lowest BCUT2D eigenvalue weighted by atomic mass is 10.3. The molecule has 2 aromatic rings. The molecule has 0 bridgehead atoms. The molecule has 1 aromatic heterocycles. The van der Waals surface area contributed by atoms with Crippen molar-refractivity contribution in [3.63, 3.8) is 0 Å². The Balaban J connectivity index is 2.52. The molecular formula is C10H8N2S. The van der Waals surface area contributed by atoms with E-state index in [0.29, 0.717) is 0 Å². The second kappa shape index (κ2) is 3.49. The van der Waals surface area contributed by atoms with Gasteiger partial charge in [-0.3, -0.25) is 4.57 Å². The van der Waals surface area contributed by atoms with Crippen molar-refractivity contribution in [3.8, 4) is 5.69 Å². The second-order valence-corrected chi connectivity index (χ2v) is 2.84. The van der Waals surface area contributed by atoms with E-state index in [1.165, 1.54) is 0 Å². The van der Waals surface area contributed by atoms with Gasteiger partial charge in [-0.2, -0.15) is 0 Å². The highest BCUT2D eigenvalue weighted by Gasteiger charge is 1.99. The number of imidazole rings is 1. The van der Waals surface area contributed by atoms with Crippen LogP contribution < -0.4 is 0 Å². The molecule has 0 saturated carbocycles. The third-order valence-corrected chi connectivity index (χ3v) is 2.02. The lowest BCUT2D eigenvalue weighted by Gasteiger charge is -2.02. The molecule has 64 valence electrons. The first-order chi connectivity index (χ1) is 6.42. The summed E-state index contributed by atoms with van der Waals surface area (Å²) in [5.74, 6) is 0.793. The van der Waals surface area contributed by atoms with Crippen LogP contribution in [0, 0.1) is 0 Å². The molecule has 1 heterocycles. The van der Waals surface area contributed by atoms with Gasteiger partial charge in [0.15, 0.2) is 0 Å². The van der Waals surface area contributed by atoms with Crippen LogP contribution in [-0.2, 0) is 0 Å². The van der Waals surface area contributed by atoms with Gasteiger partial charge in [0.25, 0.3) is 0 Å². The Morgan fingerprint density at radius 1 is 1.23 bits per heavy atom. The summed E-state index contributed by atoms with van der Waals surface area (Å²) >= 11 is 4.85. The minimum Gasteiger partial charge on any atom is -0.300 e. The van der Waals surface area contributed by atoms with Crippen molar-refractivity contribution < 1.29 is 0 Å². The summed E-state index contributed by atoms with van der Waals surface area (Å²) in [4.78, 5) is 4.11. The number of aromatic nitrogens is 2. The van der Waals surface area contributed by atoms with Gasteiger partial charge in [-0.15, -0.1) is 0 Å². The number of nitrogens with zero attached hydrogens (tertiary/aromatic N) is 2. The average Bonchev–Trinajstić information content (AvgIpc) is 2.67. The SMILES string of the molecule is S=Cc1nccn1-c1ccccc1. The number of hydrogen-bond donors (Lipinski definition) is 0.